The molecule has 1 saturated carbocycles. The summed E-state index contributed by atoms with van der Waals surface area (Å²) in [5.41, 5.74) is 0.476. The number of hydrogen-bond donors (Lipinski definition) is 1. The fourth-order valence-corrected chi connectivity index (χ4v) is 2.41. The third kappa shape index (κ3) is 2.93. The number of hydrogen-bond acceptors (Lipinski definition) is 1. The minimum atomic E-state index is -2.66. The first kappa shape index (κ1) is 13.6. The van der Waals surface area contributed by atoms with E-state index in [1.54, 1.807) is 24.3 Å². The molecule has 0 saturated heterocycles. The summed E-state index contributed by atoms with van der Waals surface area (Å²) in [7, 11) is 0. The van der Waals surface area contributed by atoms with Crippen molar-refractivity contribution < 1.29 is 13.6 Å². The first-order valence-electron chi connectivity index (χ1n) is 5.46. The van der Waals surface area contributed by atoms with Crippen molar-refractivity contribution >= 4 is 29.1 Å². The van der Waals surface area contributed by atoms with Gasteiger partial charge in [-0.1, -0.05) is 29.8 Å². The number of rotatable bonds is 3. The molecule has 2 nitrogen and oxygen atoms in total. The van der Waals surface area contributed by atoms with Crippen LogP contribution in [0, 0.1) is 0 Å². The predicted molar refractivity (Wildman–Crippen MR) is 66.2 cm³/mol. The zero-order valence-electron chi connectivity index (χ0n) is 9.30. The van der Waals surface area contributed by atoms with Crippen molar-refractivity contribution in [3.63, 3.8) is 0 Å². The number of nitrogens with one attached hydrogen (secondary N) is 1. The smallest absolute Gasteiger partial charge is 0.252 e. The summed E-state index contributed by atoms with van der Waals surface area (Å²) < 4.78 is 25.2. The minimum absolute atomic E-state index is 0.329. The number of halogens is 4. The molecule has 1 atom stereocenters. The molecule has 6 heteroatoms. The molecule has 1 aliphatic rings. The number of carbonyl (C=O) groups excluding carboxylic acids is 1. The lowest BCUT2D eigenvalue weighted by Gasteiger charge is -2.35. The molecule has 0 heterocycles. The van der Waals surface area contributed by atoms with E-state index in [1.165, 1.54) is 0 Å². The zero-order valence-corrected chi connectivity index (χ0v) is 10.8. The summed E-state index contributed by atoms with van der Waals surface area (Å²) in [4.78, 5) is 11.8. The lowest BCUT2D eigenvalue weighted by atomic mass is 9.88. The number of amides is 1. The van der Waals surface area contributed by atoms with Crippen LogP contribution in [0.5, 0.6) is 0 Å². The first-order chi connectivity index (χ1) is 8.39. The molecule has 0 radical (unpaired) electrons. The highest BCUT2D eigenvalue weighted by molar-refractivity contribution is 6.35. The molecule has 1 aromatic rings. The average molecular weight is 294 g/mol. The van der Waals surface area contributed by atoms with E-state index in [4.69, 9.17) is 23.2 Å². The van der Waals surface area contributed by atoms with Crippen LogP contribution < -0.4 is 5.32 Å². The Balaban J connectivity index is 1.96. The molecule has 0 aliphatic heterocycles. The highest BCUT2D eigenvalue weighted by Gasteiger charge is 2.46. The Morgan fingerprint density at radius 3 is 2.56 bits per heavy atom. The number of carbonyl (C=O) groups is 1. The largest absolute Gasteiger partial charge is 0.351 e. The van der Waals surface area contributed by atoms with Crippen molar-refractivity contribution in [2.45, 2.75) is 30.2 Å². The zero-order chi connectivity index (χ0) is 13.3. The van der Waals surface area contributed by atoms with Gasteiger partial charge in [0.15, 0.2) is 0 Å². The second-order valence-corrected chi connectivity index (χ2v) is 5.20. The molecule has 0 bridgehead atoms. The van der Waals surface area contributed by atoms with E-state index in [0.29, 0.717) is 10.6 Å². The molecule has 1 aromatic carbocycles. The molecule has 18 heavy (non-hydrogen) atoms. The van der Waals surface area contributed by atoms with Crippen LogP contribution in [0.2, 0.25) is 5.02 Å². The molecule has 1 amide bonds. The molecule has 1 aliphatic carbocycles. The van der Waals surface area contributed by atoms with Crippen molar-refractivity contribution in [2.24, 2.45) is 0 Å². The Labute approximate surface area is 113 Å². The summed E-state index contributed by atoms with van der Waals surface area (Å²) in [6, 6.07) is 6.18. The normalized spacial score (nSPS) is 20.0. The van der Waals surface area contributed by atoms with Gasteiger partial charge in [-0.25, -0.2) is 8.78 Å². The Morgan fingerprint density at radius 1 is 1.39 bits per heavy atom. The Morgan fingerprint density at radius 2 is 2.00 bits per heavy atom. The van der Waals surface area contributed by atoms with Crippen LogP contribution in [0.3, 0.4) is 0 Å². The number of alkyl halides is 3. The second kappa shape index (κ2) is 5.02. The van der Waals surface area contributed by atoms with Gasteiger partial charge >= 0.3 is 0 Å². The van der Waals surface area contributed by atoms with Crippen LogP contribution in [0.1, 0.15) is 23.8 Å². The molecule has 0 aromatic heterocycles. The molecule has 2 rings (SSSR count). The van der Waals surface area contributed by atoms with Gasteiger partial charge in [-0.3, -0.25) is 4.79 Å². The maximum atomic E-state index is 12.6. The van der Waals surface area contributed by atoms with Gasteiger partial charge in [-0.05, 0) is 11.6 Å². The van der Waals surface area contributed by atoms with Crippen LogP contribution in [0.25, 0.3) is 0 Å². The van der Waals surface area contributed by atoms with Crippen molar-refractivity contribution in [2.75, 3.05) is 0 Å². The lowest BCUT2D eigenvalue weighted by molar-refractivity contribution is -0.128. The summed E-state index contributed by atoms with van der Waals surface area (Å²) in [5.74, 6) is -3.16. The van der Waals surface area contributed by atoms with Gasteiger partial charge < -0.3 is 5.32 Å². The quantitative estimate of drug-likeness (QED) is 0.849. The maximum absolute atomic E-state index is 12.6. The Kier molecular flexibility index (Phi) is 3.78. The van der Waals surface area contributed by atoms with Crippen molar-refractivity contribution in [1.29, 1.82) is 0 Å². The van der Waals surface area contributed by atoms with E-state index in [1.807, 2.05) is 0 Å². The molecule has 0 spiro atoms. The standard InChI is InChI=1S/C12H11Cl2F2NO/c13-9-4-2-1-3-8(9)10(14)11(18)17-7-5-12(15,16)6-7/h1-4,7,10H,5-6H2,(H,17,18). The van der Waals surface area contributed by atoms with Crippen molar-refractivity contribution in [1.82, 2.24) is 5.32 Å². The Hall–Kier alpha value is -0.870. The summed E-state index contributed by atoms with van der Waals surface area (Å²) >= 11 is 11.9. The first-order valence-corrected chi connectivity index (χ1v) is 6.27. The third-order valence-corrected chi connectivity index (χ3v) is 3.62. The molecule has 1 N–H and O–H groups in total. The van der Waals surface area contributed by atoms with E-state index in [9.17, 15) is 13.6 Å². The fraction of sp³-hybridized carbons (Fsp3) is 0.417. The van der Waals surface area contributed by atoms with E-state index in [-0.39, 0.29) is 12.8 Å². The van der Waals surface area contributed by atoms with Crippen LogP contribution in [-0.2, 0) is 4.79 Å². The SMILES string of the molecule is O=C(NC1CC(F)(F)C1)C(Cl)c1ccccc1Cl. The van der Waals surface area contributed by atoms with Gasteiger partial charge in [0.05, 0.1) is 0 Å². The molecular weight excluding hydrogens is 283 g/mol. The average Bonchev–Trinajstić information content (AvgIpc) is 2.26. The fourth-order valence-electron chi connectivity index (χ4n) is 1.86. The van der Waals surface area contributed by atoms with Gasteiger partial charge in [-0.15, -0.1) is 11.6 Å². The van der Waals surface area contributed by atoms with E-state index in [0.717, 1.165) is 0 Å². The molecule has 98 valence electrons. The monoisotopic (exact) mass is 293 g/mol. The van der Waals surface area contributed by atoms with E-state index < -0.39 is 23.2 Å². The topological polar surface area (TPSA) is 29.1 Å². The predicted octanol–water partition coefficient (Wildman–Crippen LogP) is 3.53. The highest BCUT2D eigenvalue weighted by atomic mass is 35.5. The lowest BCUT2D eigenvalue weighted by Crippen LogP contribution is -2.51. The van der Waals surface area contributed by atoms with Crippen molar-refractivity contribution in [3.8, 4) is 0 Å². The highest BCUT2D eigenvalue weighted by Crippen LogP contribution is 2.38. The van der Waals surface area contributed by atoms with Gasteiger partial charge in [0, 0.05) is 23.9 Å². The van der Waals surface area contributed by atoms with Gasteiger partial charge in [0.25, 0.3) is 5.92 Å². The van der Waals surface area contributed by atoms with Gasteiger partial charge in [0.1, 0.15) is 5.38 Å². The van der Waals surface area contributed by atoms with Gasteiger partial charge in [0.2, 0.25) is 5.91 Å². The second-order valence-electron chi connectivity index (χ2n) is 4.35. The summed E-state index contributed by atoms with van der Waals surface area (Å²) in [6.45, 7) is 0. The molecule has 1 fully saturated rings. The van der Waals surface area contributed by atoms with E-state index in [2.05, 4.69) is 5.32 Å². The van der Waals surface area contributed by atoms with Crippen LogP contribution in [0.15, 0.2) is 24.3 Å². The maximum Gasteiger partial charge on any atom is 0.252 e. The molecular formula is C12H11Cl2F2NO. The molecule has 1 unspecified atom stereocenters. The Bertz CT molecular complexity index is 459. The van der Waals surface area contributed by atoms with Crippen molar-refractivity contribution in [3.05, 3.63) is 34.9 Å². The van der Waals surface area contributed by atoms with E-state index >= 15 is 0 Å². The minimum Gasteiger partial charge on any atom is -0.351 e. The number of benzene rings is 1. The summed E-state index contributed by atoms with van der Waals surface area (Å²) in [6.07, 6.45) is -0.657. The van der Waals surface area contributed by atoms with Crippen LogP contribution in [0.4, 0.5) is 8.78 Å². The van der Waals surface area contributed by atoms with Crippen LogP contribution in [-0.4, -0.2) is 17.9 Å². The summed E-state index contributed by atoms with van der Waals surface area (Å²) in [5, 5.41) is 1.90. The van der Waals surface area contributed by atoms with Gasteiger partial charge in [-0.2, -0.15) is 0 Å². The third-order valence-electron chi connectivity index (χ3n) is 2.84. The van der Waals surface area contributed by atoms with Crippen LogP contribution >= 0.6 is 23.2 Å².